The molecule has 0 aliphatic carbocycles. The van der Waals surface area contributed by atoms with E-state index in [9.17, 15) is 9.90 Å². The minimum absolute atomic E-state index is 0.421. The van der Waals surface area contributed by atoms with Crippen molar-refractivity contribution in [2.75, 3.05) is 36.5 Å². The number of morpholine rings is 1. The van der Waals surface area contributed by atoms with Crippen molar-refractivity contribution in [3.8, 4) is 10.4 Å². The maximum atomic E-state index is 12.1. The fraction of sp³-hybridized carbons (Fsp3) is 0.304. The monoisotopic (exact) mass is 438 g/mol. The summed E-state index contributed by atoms with van der Waals surface area (Å²) < 4.78 is 5.41. The van der Waals surface area contributed by atoms with Crippen molar-refractivity contribution < 1.29 is 14.6 Å². The summed E-state index contributed by atoms with van der Waals surface area (Å²) in [6, 6.07) is 15.2. The molecule has 3 aromatic rings. The number of amides is 1. The van der Waals surface area contributed by atoms with Gasteiger partial charge in [0.25, 0.3) is 5.91 Å². The van der Waals surface area contributed by atoms with Crippen LogP contribution in [0.5, 0.6) is 0 Å². The molecule has 3 heterocycles. The van der Waals surface area contributed by atoms with Crippen LogP contribution in [0.4, 0.5) is 16.6 Å². The number of ether oxygens (including phenoxy) is 1. The summed E-state index contributed by atoms with van der Waals surface area (Å²) in [5.74, 6) is 1.02. The van der Waals surface area contributed by atoms with Gasteiger partial charge in [-0.05, 0) is 43.2 Å². The molecule has 4 rings (SSSR count). The third-order valence-electron chi connectivity index (χ3n) is 5.18. The van der Waals surface area contributed by atoms with Crippen molar-refractivity contribution in [1.82, 2.24) is 4.98 Å². The van der Waals surface area contributed by atoms with Gasteiger partial charge in [-0.2, -0.15) is 0 Å². The molecule has 1 saturated heterocycles. The summed E-state index contributed by atoms with van der Waals surface area (Å²) in [6.07, 6.45) is 0. The summed E-state index contributed by atoms with van der Waals surface area (Å²) in [6.45, 7) is 6.47. The zero-order valence-corrected chi connectivity index (χ0v) is 18.4. The minimum atomic E-state index is -0.906. The highest BCUT2D eigenvalue weighted by Crippen LogP contribution is 2.37. The number of rotatable bonds is 6. The number of carbonyl (C=O) groups is 1. The van der Waals surface area contributed by atoms with Crippen LogP contribution in [0.2, 0.25) is 0 Å². The molecular weight excluding hydrogens is 412 g/mol. The molecule has 162 valence electrons. The summed E-state index contributed by atoms with van der Waals surface area (Å²) in [7, 11) is 0. The minimum Gasteiger partial charge on any atom is -0.386 e. The van der Waals surface area contributed by atoms with Crippen molar-refractivity contribution in [3.05, 3.63) is 59.7 Å². The lowest BCUT2D eigenvalue weighted by Crippen LogP contribution is -2.36. The van der Waals surface area contributed by atoms with Gasteiger partial charge in [-0.3, -0.25) is 4.79 Å². The van der Waals surface area contributed by atoms with Crippen LogP contribution >= 0.6 is 11.3 Å². The highest BCUT2D eigenvalue weighted by atomic mass is 32.1. The number of hydrogen-bond donors (Lipinski definition) is 3. The largest absolute Gasteiger partial charge is 0.386 e. The lowest BCUT2D eigenvalue weighted by atomic mass is 9.97. The number of benzene rings is 1. The van der Waals surface area contributed by atoms with Gasteiger partial charge in [0.05, 0.1) is 24.4 Å². The van der Waals surface area contributed by atoms with Gasteiger partial charge in [0.2, 0.25) is 0 Å². The van der Waals surface area contributed by atoms with E-state index in [1.807, 2.05) is 42.5 Å². The summed E-state index contributed by atoms with van der Waals surface area (Å²) >= 11 is 1.44. The Morgan fingerprint density at radius 1 is 1.19 bits per heavy atom. The quantitative estimate of drug-likeness (QED) is 0.542. The zero-order chi connectivity index (χ0) is 22.0. The van der Waals surface area contributed by atoms with E-state index in [1.165, 1.54) is 11.3 Å². The number of nitrogens with zero attached hydrogens (tertiary/aromatic N) is 2. The third kappa shape index (κ3) is 4.87. The van der Waals surface area contributed by atoms with Crippen LogP contribution in [0.1, 0.15) is 29.8 Å². The van der Waals surface area contributed by atoms with Crippen LogP contribution in [0.3, 0.4) is 0 Å². The van der Waals surface area contributed by atoms with E-state index in [-0.39, 0.29) is 0 Å². The van der Waals surface area contributed by atoms with Crippen LogP contribution in [-0.4, -0.2) is 42.3 Å². The molecule has 7 nitrogen and oxygen atoms in total. The molecule has 0 spiro atoms. The molecule has 4 N–H and O–H groups in total. The molecule has 31 heavy (non-hydrogen) atoms. The molecule has 1 fully saturated rings. The maximum absolute atomic E-state index is 12.1. The average Bonchev–Trinajstić information content (AvgIpc) is 3.18. The highest BCUT2D eigenvalue weighted by Gasteiger charge is 2.19. The van der Waals surface area contributed by atoms with Gasteiger partial charge < -0.3 is 25.8 Å². The summed E-state index contributed by atoms with van der Waals surface area (Å²) in [5, 5.41) is 14.1. The number of anilines is 3. The Morgan fingerprint density at radius 3 is 2.55 bits per heavy atom. The van der Waals surface area contributed by atoms with Crippen molar-refractivity contribution in [2.45, 2.75) is 19.4 Å². The Morgan fingerprint density at radius 2 is 1.90 bits per heavy atom. The second kappa shape index (κ2) is 8.66. The first-order chi connectivity index (χ1) is 14.8. The Balaban J connectivity index is 1.60. The molecule has 0 bridgehead atoms. The van der Waals surface area contributed by atoms with Crippen molar-refractivity contribution in [3.63, 3.8) is 0 Å². The second-order valence-electron chi connectivity index (χ2n) is 7.96. The molecule has 1 aromatic carbocycles. The Kier molecular flexibility index (Phi) is 5.95. The molecule has 1 amide bonds. The van der Waals surface area contributed by atoms with E-state index in [0.717, 1.165) is 34.9 Å². The first kappa shape index (κ1) is 21.3. The molecule has 0 atom stereocenters. The number of carbonyl (C=O) groups excluding carboxylic acids is 1. The van der Waals surface area contributed by atoms with E-state index in [1.54, 1.807) is 19.9 Å². The van der Waals surface area contributed by atoms with Gasteiger partial charge in [0, 0.05) is 18.0 Å². The number of aliphatic hydroxyl groups is 1. The second-order valence-corrected chi connectivity index (χ2v) is 9.01. The smallest absolute Gasteiger partial charge is 0.251 e. The van der Waals surface area contributed by atoms with Crippen molar-refractivity contribution in [1.29, 1.82) is 0 Å². The van der Waals surface area contributed by atoms with Crippen LogP contribution < -0.4 is 16.0 Å². The van der Waals surface area contributed by atoms with Gasteiger partial charge in [-0.1, -0.05) is 30.3 Å². The number of aromatic nitrogens is 1. The fourth-order valence-corrected chi connectivity index (χ4v) is 4.51. The van der Waals surface area contributed by atoms with Crippen LogP contribution in [0, 0.1) is 0 Å². The van der Waals surface area contributed by atoms with Gasteiger partial charge in [-0.15, -0.1) is 11.3 Å². The average molecular weight is 439 g/mol. The van der Waals surface area contributed by atoms with E-state index < -0.39 is 11.5 Å². The lowest BCUT2D eigenvalue weighted by molar-refractivity contribution is 0.0786. The van der Waals surface area contributed by atoms with Crippen LogP contribution in [0.15, 0.2) is 48.5 Å². The highest BCUT2D eigenvalue weighted by molar-refractivity contribution is 7.19. The predicted molar refractivity (Wildman–Crippen MR) is 124 cm³/mol. The molecule has 0 unspecified atom stereocenters. The number of primary amides is 1. The number of nitrogens with one attached hydrogen (secondary N) is 1. The lowest BCUT2D eigenvalue weighted by Gasteiger charge is -2.28. The molecule has 8 heteroatoms. The van der Waals surface area contributed by atoms with Gasteiger partial charge in [0.1, 0.15) is 16.6 Å². The molecule has 1 aliphatic heterocycles. The summed E-state index contributed by atoms with van der Waals surface area (Å²) in [4.78, 5) is 19.8. The number of nitrogens with two attached hydrogens (primary N) is 1. The Hall–Kier alpha value is -2.94. The Labute approximate surface area is 185 Å². The van der Waals surface area contributed by atoms with E-state index in [0.29, 0.717) is 29.6 Å². The van der Waals surface area contributed by atoms with Crippen LogP contribution in [0.25, 0.3) is 10.4 Å². The molecular formula is C23H26N4O3S. The first-order valence-corrected chi connectivity index (χ1v) is 11.0. The van der Waals surface area contributed by atoms with Crippen LogP contribution in [-0.2, 0) is 10.3 Å². The number of hydrogen-bond acceptors (Lipinski definition) is 7. The molecule has 1 aliphatic rings. The fourth-order valence-electron chi connectivity index (χ4n) is 3.43. The van der Waals surface area contributed by atoms with E-state index >= 15 is 0 Å². The first-order valence-electron chi connectivity index (χ1n) is 10.1. The van der Waals surface area contributed by atoms with E-state index in [2.05, 4.69) is 10.2 Å². The zero-order valence-electron chi connectivity index (χ0n) is 17.6. The standard InChI is InChI=1S/C23H26N4O3S/c1-23(2,29)16-8-6-15(7-9-16)18-14-17(21(24)28)22(31-18)26-19-4-3-5-20(25-19)27-10-12-30-13-11-27/h3-9,14,29H,10-13H2,1-2H3,(H2,24,28)(H,25,26). The molecule has 2 aromatic heterocycles. The Bertz CT molecular complexity index is 1070. The topological polar surface area (TPSA) is 101 Å². The molecule has 0 saturated carbocycles. The number of thiophene rings is 1. The van der Waals surface area contributed by atoms with E-state index in [4.69, 9.17) is 15.5 Å². The normalized spacial score (nSPS) is 14.5. The van der Waals surface area contributed by atoms with Gasteiger partial charge in [-0.25, -0.2) is 4.98 Å². The SMILES string of the molecule is CC(C)(O)c1ccc(-c2cc(C(N)=O)c(Nc3cccc(N4CCOCC4)n3)s2)cc1. The van der Waals surface area contributed by atoms with Gasteiger partial charge in [0.15, 0.2) is 0 Å². The summed E-state index contributed by atoms with van der Waals surface area (Å²) in [5.41, 5.74) is 6.93. The predicted octanol–water partition coefficient (Wildman–Crippen LogP) is 3.72. The number of pyridine rings is 1. The third-order valence-corrected chi connectivity index (χ3v) is 6.28. The maximum Gasteiger partial charge on any atom is 0.251 e. The molecule has 0 radical (unpaired) electrons. The van der Waals surface area contributed by atoms with Gasteiger partial charge >= 0.3 is 0 Å². The van der Waals surface area contributed by atoms with Crippen molar-refractivity contribution >= 4 is 33.9 Å². The van der Waals surface area contributed by atoms with Crippen molar-refractivity contribution in [2.24, 2.45) is 5.73 Å².